The molecule has 0 bridgehead atoms. The summed E-state index contributed by atoms with van der Waals surface area (Å²) in [5, 5.41) is 3.57. The molecule has 0 saturated carbocycles. The van der Waals surface area contributed by atoms with E-state index in [-0.39, 0.29) is 0 Å². The molecular formula is C16H25NO3. The normalized spacial score (nSPS) is 18.1. The zero-order chi connectivity index (χ0) is 14.5. The fourth-order valence-electron chi connectivity index (χ4n) is 3.07. The lowest BCUT2D eigenvalue weighted by molar-refractivity contribution is 0.321. The molecule has 1 aliphatic carbocycles. The van der Waals surface area contributed by atoms with Crippen LogP contribution in [0.1, 0.15) is 43.4 Å². The van der Waals surface area contributed by atoms with Gasteiger partial charge in [0.1, 0.15) is 0 Å². The van der Waals surface area contributed by atoms with Crippen LogP contribution in [0.3, 0.4) is 0 Å². The molecule has 0 saturated heterocycles. The Balaban J connectivity index is 2.59. The van der Waals surface area contributed by atoms with Crippen molar-refractivity contribution in [2.45, 2.75) is 38.6 Å². The molecule has 0 aliphatic heterocycles. The highest BCUT2D eigenvalue weighted by Gasteiger charge is 2.26. The minimum atomic E-state index is 0.367. The van der Waals surface area contributed by atoms with Gasteiger partial charge in [0.25, 0.3) is 0 Å². The fourth-order valence-corrected chi connectivity index (χ4v) is 3.07. The fraction of sp³-hybridized carbons (Fsp3) is 0.625. The Hall–Kier alpha value is -1.42. The molecule has 0 radical (unpaired) electrons. The van der Waals surface area contributed by atoms with Crippen molar-refractivity contribution in [2.24, 2.45) is 0 Å². The first kappa shape index (κ1) is 15.0. The van der Waals surface area contributed by atoms with E-state index in [1.165, 1.54) is 24.0 Å². The molecule has 0 spiro atoms. The molecule has 1 atom stereocenters. The van der Waals surface area contributed by atoms with Gasteiger partial charge in [0, 0.05) is 11.6 Å². The lowest BCUT2D eigenvalue weighted by atomic mass is 9.97. The average molecular weight is 279 g/mol. The van der Waals surface area contributed by atoms with Crippen LogP contribution >= 0.6 is 0 Å². The van der Waals surface area contributed by atoms with Crippen molar-refractivity contribution in [3.05, 3.63) is 17.2 Å². The summed E-state index contributed by atoms with van der Waals surface area (Å²) in [5.74, 6) is 2.27. The van der Waals surface area contributed by atoms with Gasteiger partial charge < -0.3 is 19.5 Å². The van der Waals surface area contributed by atoms with Gasteiger partial charge in [0.05, 0.1) is 21.3 Å². The van der Waals surface area contributed by atoms with Crippen LogP contribution in [0, 0.1) is 0 Å². The molecule has 1 aliphatic rings. The van der Waals surface area contributed by atoms with Crippen molar-refractivity contribution >= 4 is 0 Å². The van der Waals surface area contributed by atoms with Gasteiger partial charge in [-0.3, -0.25) is 0 Å². The van der Waals surface area contributed by atoms with Gasteiger partial charge in [-0.1, -0.05) is 13.3 Å². The second-order valence-electron chi connectivity index (χ2n) is 5.07. The Kier molecular flexibility index (Phi) is 5.12. The summed E-state index contributed by atoms with van der Waals surface area (Å²) >= 11 is 0. The smallest absolute Gasteiger partial charge is 0.203 e. The number of methoxy groups -OCH3 is 3. The van der Waals surface area contributed by atoms with E-state index in [1.807, 2.05) is 0 Å². The molecule has 1 aromatic rings. The lowest BCUT2D eigenvalue weighted by Gasteiger charge is -2.23. The highest BCUT2D eigenvalue weighted by molar-refractivity contribution is 5.60. The molecule has 0 fully saturated rings. The van der Waals surface area contributed by atoms with Gasteiger partial charge in [-0.05, 0) is 37.4 Å². The Labute approximate surface area is 121 Å². The summed E-state index contributed by atoms with van der Waals surface area (Å²) in [7, 11) is 5.03. The third kappa shape index (κ3) is 2.70. The van der Waals surface area contributed by atoms with Crippen LogP contribution in [0.5, 0.6) is 17.2 Å². The van der Waals surface area contributed by atoms with E-state index in [4.69, 9.17) is 14.2 Å². The number of ether oxygens (including phenoxy) is 3. The number of rotatable bonds is 5. The van der Waals surface area contributed by atoms with E-state index in [0.717, 1.165) is 30.9 Å². The Morgan fingerprint density at radius 1 is 1.10 bits per heavy atom. The number of fused-ring (bicyclic) bond motifs is 1. The molecule has 4 heteroatoms. The Bertz CT molecular complexity index is 460. The molecule has 0 amide bonds. The van der Waals surface area contributed by atoms with Crippen molar-refractivity contribution in [3.8, 4) is 17.2 Å². The number of hydrogen-bond acceptors (Lipinski definition) is 4. The van der Waals surface area contributed by atoms with Gasteiger partial charge in [0.2, 0.25) is 5.75 Å². The second-order valence-corrected chi connectivity index (χ2v) is 5.07. The predicted octanol–water partition coefficient (Wildman–Crippen LogP) is 3.09. The molecule has 4 nitrogen and oxygen atoms in total. The Morgan fingerprint density at radius 2 is 1.85 bits per heavy atom. The van der Waals surface area contributed by atoms with Gasteiger partial charge in [-0.25, -0.2) is 0 Å². The van der Waals surface area contributed by atoms with E-state index in [1.54, 1.807) is 21.3 Å². The van der Waals surface area contributed by atoms with Gasteiger partial charge in [-0.15, -0.1) is 0 Å². The van der Waals surface area contributed by atoms with Crippen molar-refractivity contribution < 1.29 is 14.2 Å². The van der Waals surface area contributed by atoms with Crippen molar-refractivity contribution in [2.75, 3.05) is 27.9 Å². The summed E-state index contributed by atoms with van der Waals surface area (Å²) in [4.78, 5) is 0. The Morgan fingerprint density at radius 3 is 2.45 bits per heavy atom. The lowest BCUT2D eigenvalue weighted by Crippen LogP contribution is -2.21. The minimum absolute atomic E-state index is 0.367. The molecule has 1 aromatic carbocycles. The first-order valence-corrected chi connectivity index (χ1v) is 7.31. The molecule has 112 valence electrons. The first-order valence-electron chi connectivity index (χ1n) is 7.31. The van der Waals surface area contributed by atoms with Gasteiger partial charge in [0.15, 0.2) is 11.5 Å². The molecular weight excluding hydrogens is 254 g/mol. The maximum atomic E-state index is 5.63. The highest BCUT2D eigenvalue weighted by atomic mass is 16.5. The quantitative estimate of drug-likeness (QED) is 0.841. The van der Waals surface area contributed by atoms with Crippen molar-refractivity contribution in [1.82, 2.24) is 5.32 Å². The topological polar surface area (TPSA) is 39.7 Å². The van der Waals surface area contributed by atoms with Crippen LogP contribution in [0.4, 0.5) is 0 Å². The molecule has 0 aromatic heterocycles. The van der Waals surface area contributed by atoms with Crippen LogP contribution in [0.15, 0.2) is 6.07 Å². The third-order valence-corrected chi connectivity index (χ3v) is 3.96. The third-order valence-electron chi connectivity index (χ3n) is 3.96. The van der Waals surface area contributed by atoms with Crippen LogP contribution < -0.4 is 19.5 Å². The maximum absolute atomic E-state index is 5.63. The zero-order valence-electron chi connectivity index (χ0n) is 12.9. The monoisotopic (exact) mass is 279 g/mol. The minimum Gasteiger partial charge on any atom is -0.493 e. The molecule has 1 N–H and O–H groups in total. The van der Waals surface area contributed by atoms with Crippen molar-refractivity contribution in [3.63, 3.8) is 0 Å². The van der Waals surface area contributed by atoms with Crippen molar-refractivity contribution in [1.29, 1.82) is 0 Å². The predicted molar refractivity (Wildman–Crippen MR) is 80.1 cm³/mol. The average Bonchev–Trinajstić information content (AvgIpc) is 2.68. The van der Waals surface area contributed by atoms with E-state index < -0.39 is 0 Å². The second kappa shape index (κ2) is 6.84. The summed E-state index contributed by atoms with van der Waals surface area (Å²) in [6.07, 6.45) is 4.58. The summed E-state index contributed by atoms with van der Waals surface area (Å²) in [6.45, 7) is 3.10. The van der Waals surface area contributed by atoms with Crippen LogP contribution in [-0.2, 0) is 6.42 Å². The molecule has 20 heavy (non-hydrogen) atoms. The standard InChI is InChI=1S/C16H25NO3/c1-5-17-13-9-7-6-8-11-12(13)10-14(18-2)16(20-4)15(11)19-3/h10,13,17H,5-9H2,1-4H3. The van der Waals surface area contributed by atoms with Crippen LogP contribution in [0.25, 0.3) is 0 Å². The van der Waals surface area contributed by atoms with E-state index in [9.17, 15) is 0 Å². The maximum Gasteiger partial charge on any atom is 0.203 e. The summed E-state index contributed by atoms with van der Waals surface area (Å²) in [5.41, 5.74) is 2.55. The molecule has 0 heterocycles. The van der Waals surface area contributed by atoms with E-state index >= 15 is 0 Å². The molecule has 2 rings (SSSR count). The summed E-state index contributed by atoms with van der Waals surface area (Å²) in [6, 6.07) is 2.47. The van der Waals surface area contributed by atoms with Gasteiger partial charge >= 0.3 is 0 Å². The van der Waals surface area contributed by atoms with E-state index in [2.05, 4.69) is 18.3 Å². The SMILES string of the molecule is CCNC1CCCCc2c1cc(OC)c(OC)c2OC. The van der Waals surface area contributed by atoms with Crippen LogP contribution in [0.2, 0.25) is 0 Å². The zero-order valence-corrected chi connectivity index (χ0v) is 12.9. The first-order chi connectivity index (χ1) is 9.76. The van der Waals surface area contributed by atoms with Crippen LogP contribution in [-0.4, -0.2) is 27.9 Å². The molecule has 1 unspecified atom stereocenters. The number of benzene rings is 1. The van der Waals surface area contributed by atoms with E-state index in [0.29, 0.717) is 11.8 Å². The largest absolute Gasteiger partial charge is 0.493 e. The summed E-state index contributed by atoms with van der Waals surface area (Å²) < 4.78 is 16.6. The van der Waals surface area contributed by atoms with Gasteiger partial charge in [-0.2, -0.15) is 0 Å². The number of nitrogens with one attached hydrogen (secondary N) is 1. The number of hydrogen-bond donors (Lipinski definition) is 1. The highest BCUT2D eigenvalue weighted by Crippen LogP contribution is 2.46.